The standard InChI is InChI=1S/C34H54N5O6S2.K/c1-22(2)16-34(3,32(44)13-9-25(33(37)45)15-23-6-10-26(40)11-7-23)39-18-30(42)24(5-4-14-35)8-12-29(41)28-20-47-21-46-19-27(36)31(43)17-38-28;/h6-7,10-11,22,24-25,27-28,36,38-40H,4-5,8-9,12-21,35H2,1-3H3,(H2,37,45);/q-1;+1/t24-,25+,27+,28+,34+;/m1./s1. The summed E-state index contributed by atoms with van der Waals surface area (Å²) in [6.45, 7) is 6.15. The molecule has 1 heterocycles. The molecule has 0 spiro atoms. The molecule has 1 aliphatic rings. The van der Waals surface area contributed by atoms with Gasteiger partial charge in [0.1, 0.15) is 17.3 Å². The Morgan fingerprint density at radius 3 is 2.33 bits per heavy atom. The smallest absolute Gasteiger partial charge is 0.668 e. The van der Waals surface area contributed by atoms with Crippen LogP contribution < -0.4 is 73.5 Å². The molecule has 11 nitrogen and oxygen atoms in total. The van der Waals surface area contributed by atoms with Crippen molar-refractivity contribution in [3.63, 3.8) is 0 Å². The predicted octanol–water partition coefficient (Wildman–Crippen LogP) is 0.443. The van der Waals surface area contributed by atoms with Gasteiger partial charge in [0.25, 0.3) is 0 Å². The Bertz CT molecular complexity index is 1190. The number of nitrogens with one attached hydrogen (secondary N) is 3. The monoisotopic (exact) mass is 731 g/mol. The van der Waals surface area contributed by atoms with Crippen LogP contribution in [0.25, 0.3) is 5.73 Å². The average Bonchev–Trinajstić information content (AvgIpc) is 3.02. The normalized spacial score (nSPS) is 19.8. The molecule has 1 aromatic carbocycles. The molecule has 48 heavy (non-hydrogen) atoms. The summed E-state index contributed by atoms with van der Waals surface area (Å²) in [6, 6.07) is 5.20. The number of benzene rings is 1. The summed E-state index contributed by atoms with van der Waals surface area (Å²) < 4.78 is 0. The molecule has 2 rings (SSSR count). The number of phenols is 1. The minimum absolute atomic E-state index is 0. The van der Waals surface area contributed by atoms with Gasteiger partial charge in [-0.15, -0.1) is 11.8 Å². The van der Waals surface area contributed by atoms with Crippen molar-refractivity contribution in [3.05, 3.63) is 35.6 Å². The summed E-state index contributed by atoms with van der Waals surface area (Å²) >= 11 is 3.12. The second kappa shape index (κ2) is 23.7. The van der Waals surface area contributed by atoms with Crippen LogP contribution in [0.5, 0.6) is 5.75 Å². The van der Waals surface area contributed by atoms with Gasteiger partial charge in [0, 0.05) is 35.5 Å². The first-order chi connectivity index (χ1) is 22.2. The summed E-state index contributed by atoms with van der Waals surface area (Å²) in [5.41, 5.74) is 19.2. The van der Waals surface area contributed by atoms with Crippen molar-refractivity contribution in [2.45, 2.75) is 89.8 Å². The number of nitrogens with two attached hydrogens (primary N) is 2. The van der Waals surface area contributed by atoms with Crippen LogP contribution in [0.2, 0.25) is 0 Å². The maximum absolute atomic E-state index is 13.6. The van der Waals surface area contributed by atoms with Crippen LogP contribution in [0.1, 0.15) is 71.3 Å². The van der Waals surface area contributed by atoms with Crippen LogP contribution in [-0.2, 0) is 30.4 Å². The Morgan fingerprint density at radius 2 is 1.71 bits per heavy atom. The van der Waals surface area contributed by atoms with Gasteiger partial charge in [-0.3, -0.25) is 34.6 Å². The van der Waals surface area contributed by atoms with E-state index in [-0.39, 0.29) is 119 Å². The van der Waals surface area contributed by atoms with E-state index in [1.165, 1.54) is 11.8 Å². The van der Waals surface area contributed by atoms with E-state index in [9.17, 15) is 29.1 Å². The van der Waals surface area contributed by atoms with E-state index in [2.05, 4.69) is 10.6 Å². The van der Waals surface area contributed by atoms with E-state index in [4.69, 9.17) is 17.2 Å². The first-order valence-electron chi connectivity index (χ1n) is 16.5. The molecule has 1 aliphatic heterocycles. The fourth-order valence-electron chi connectivity index (χ4n) is 5.79. The zero-order chi connectivity index (χ0) is 35.0. The van der Waals surface area contributed by atoms with Crippen molar-refractivity contribution in [1.29, 1.82) is 0 Å². The molecule has 0 radical (unpaired) electrons. The maximum Gasteiger partial charge on any atom is 1.00 e. The van der Waals surface area contributed by atoms with E-state index in [0.717, 1.165) is 5.56 Å². The molecule has 264 valence electrons. The van der Waals surface area contributed by atoms with Crippen molar-refractivity contribution in [3.8, 4) is 5.75 Å². The van der Waals surface area contributed by atoms with Gasteiger partial charge in [0.2, 0.25) is 5.91 Å². The molecule has 0 aliphatic carbocycles. The van der Waals surface area contributed by atoms with Crippen LogP contribution in [0.4, 0.5) is 0 Å². The molecule has 14 heteroatoms. The maximum atomic E-state index is 13.6. The second-order valence-electron chi connectivity index (χ2n) is 13.1. The number of rotatable bonds is 20. The van der Waals surface area contributed by atoms with Gasteiger partial charge in [-0.2, -0.15) is 11.8 Å². The first kappa shape index (κ1) is 45.4. The average molecular weight is 732 g/mol. The van der Waals surface area contributed by atoms with E-state index >= 15 is 0 Å². The molecule has 0 saturated carbocycles. The number of amides is 1. The Hall–Kier alpha value is -0.654. The Morgan fingerprint density at radius 1 is 1.06 bits per heavy atom. The van der Waals surface area contributed by atoms with Crippen LogP contribution in [0.3, 0.4) is 0 Å². The number of thioether (sulfide) groups is 2. The largest absolute Gasteiger partial charge is 1.00 e. The number of aromatic hydroxyl groups is 1. The summed E-state index contributed by atoms with van der Waals surface area (Å²) in [7, 11) is 0. The molecule has 0 aromatic heterocycles. The molecule has 1 fully saturated rings. The van der Waals surface area contributed by atoms with Crippen molar-refractivity contribution in [1.82, 2.24) is 10.6 Å². The minimum Gasteiger partial charge on any atom is -0.668 e. The number of ketones is 4. The number of primary amides is 1. The summed E-state index contributed by atoms with van der Waals surface area (Å²) in [5.74, 6) is -0.719. The van der Waals surface area contributed by atoms with Gasteiger partial charge in [-0.1, -0.05) is 32.0 Å². The second-order valence-corrected chi connectivity index (χ2v) is 15.6. The van der Waals surface area contributed by atoms with Gasteiger partial charge >= 0.3 is 51.4 Å². The van der Waals surface area contributed by atoms with E-state index in [1.807, 2.05) is 13.8 Å². The number of hydrogen-bond donors (Lipinski definition) is 5. The number of hydrogen-bond acceptors (Lipinski definition) is 11. The Balaban J connectivity index is 0.0000115. The van der Waals surface area contributed by atoms with Gasteiger partial charge in [0.15, 0.2) is 11.6 Å². The number of carbonyl (C=O) groups is 5. The van der Waals surface area contributed by atoms with Crippen molar-refractivity contribution >= 4 is 52.6 Å². The van der Waals surface area contributed by atoms with Gasteiger partial charge < -0.3 is 22.3 Å². The van der Waals surface area contributed by atoms with Crippen molar-refractivity contribution < 1.29 is 80.5 Å². The summed E-state index contributed by atoms with van der Waals surface area (Å²) in [6.07, 6.45) is 2.88. The fourth-order valence-corrected chi connectivity index (χ4v) is 7.99. The minimum atomic E-state index is -1.00. The molecule has 1 saturated heterocycles. The molecular formula is C34H54KN5O6S2. The third-order valence-electron chi connectivity index (χ3n) is 8.61. The van der Waals surface area contributed by atoms with Crippen molar-refractivity contribution in [2.24, 2.45) is 29.2 Å². The molecule has 1 amide bonds. The van der Waals surface area contributed by atoms with Gasteiger partial charge in [-0.05, 0) is 81.4 Å². The third-order valence-corrected chi connectivity index (χ3v) is 11.1. The van der Waals surface area contributed by atoms with Gasteiger partial charge in [-0.25, -0.2) is 0 Å². The molecule has 0 unspecified atom stereocenters. The van der Waals surface area contributed by atoms with Crippen LogP contribution in [-0.4, -0.2) is 88.0 Å². The van der Waals surface area contributed by atoms with Crippen LogP contribution in [0, 0.1) is 17.8 Å². The zero-order valence-corrected chi connectivity index (χ0v) is 33.8. The first-order valence-corrected chi connectivity index (χ1v) is 18.8. The number of phenolic OH excluding ortho intramolecular Hbond substituents is 1. The Labute approximate surface area is 337 Å². The molecule has 1 aromatic rings. The fraction of sp³-hybridized carbons (Fsp3) is 0.676. The SMILES string of the molecule is CC(C)C[C@](C)(NCC(=O)[C@H](CCCN)CCC(=O)[C@@H]1CSCSC[C@H]([NH-])C(=O)CN1)C(=O)CC[C@@H](Cc1ccc(O)cc1)C(N)=O.[K+]. The Kier molecular flexibility index (Phi) is 22.4. The molecule has 0 bridgehead atoms. The number of carbonyl (C=O) groups excluding carboxylic acids is 5. The zero-order valence-electron chi connectivity index (χ0n) is 29.1. The molecular weight excluding hydrogens is 678 g/mol. The van der Waals surface area contributed by atoms with Crippen LogP contribution >= 0.6 is 23.5 Å². The molecule has 5 atom stereocenters. The summed E-state index contributed by atoms with van der Waals surface area (Å²) in [5, 5.41) is 16.5. The van der Waals surface area contributed by atoms with Gasteiger partial charge in [0.05, 0.1) is 24.7 Å². The van der Waals surface area contributed by atoms with Crippen molar-refractivity contribution in [2.75, 3.05) is 36.2 Å². The summed E-state index contributed by atoms with van der Waals surface area (Å²) in [4.78, 5) is 64.9. The van der Waals surface area contributed by atoms with Crippen LogP contribution in [0.15, 0.2) is 24.3 Å². The quantitative estimate of drug-likeness (QED) is 0.116. The number of Topliss-reactive ketones (excluding diaryl/α,β-unsaturated/α-hetero) is 4. The van der Waals surface area contributed by atoms with E-state index in [1.54, 1.807) is 43.0 Å². The van der Waals surface area contributed by atoms with E-state index in [0.29, 0.717) is 55.2 Å². The predicted molar refractivity (Wildman–Crippen MR) is 190 cm³/mol. The van der Waals surface area contributed by atoms with E-state index < -0.39 is 35.4 Å². The molecule has 8 N–H and O–H groups in total. The topological polar surface area (TPSA) is 205 Å². The third kappa shape index (κ3) is 16.6.